The molecule has 1 heterocycles. The molecule has 1 aliphatic heterocycles. The van der Waals surface area contributed by atoms with Gasteiger partial charge in [0.2, 0.25) is 11.8 Å². The topological polar surface area (TPSA) is 72.9 Å². The van der Waals surface area contributed by atoms with Crippen LogP contribution in [0.1, 0.15) is 36.8 Å². The molecule has 1 aromatic rings. The lowest BCUT2D eigenvalue weighted by atomic mass is 9.69. The number of fused-ring (bicyclic) bond motifs is 1. The van der Waals surface area contributed by atoms with Gasteiger partial charge in [-0.2, -0.15) is 0 Å². The van der Waals surface area contributed by atoms with Crippen molar-refractivity contribution >= 4 is 11.8 Å². The van der Waals surface area contributed by atoms with Gasteiger partial charge >= 0.3 is 0 Å². The molecule has 2 amide bonds. The summed E-state index contributed by atoms with van der Waals surface area (Å²) in [5, 5.41) is 12.6. The summed E-state index contributed by atoms with van der Waals surface area (Å²) in [6.45, 7) is 2.12. The third-order valence-corrected chi connectivity index (χ3v) is 6.99. The summed E-state index contributed by atoms with van der Waals surface area (Å²) in [5.74, 6) is -0.0493. The van der Waals surface area contributed by atoms with Crippen LogP contribution in [-0.2, 0) is 22.4 Å². The van der Waals surface area contributed by atoms with Crippen molar-refractivity contribution in [3.63, 3.8) is 0 Å². The number of nitrogens with one attached hydrogen (secondary N) is 1. The first-order valence-corrected chi connectivity index (χ1v) is 10.5. The number of piperazine rings is 1. The molecule has 6 nitrogen and oxygen atoms in total. The van der Waals surface area contributed by atoms with Crippen LogP contribution in [0.5, 0.6) is 0 Å². The fourth-order valence-corrected chi connectivity index (χ4v) is 5.11. The SMILES string of the molecule is CN(CC1(CO)CCC1)C(=O)CC1C(=O)NCCN1C1Cc2ccccc2C1. The normalized spacial score (nSPS) is 24.4. The Hall–Kier alpha value is -1.92. The Labute approximate surface area is 166 Å². The van der Waals surface area contributed by atoms with E-state index in [1.807, 2.05) is 0 Å². The van der Waals surface area contributed by atoms with Gasteiger partial charge in [0.05, 0.1) is 19.1 Å². The molecule has 3 aliphatic rings. The fraction of sp³-hybridized carbons (Fsp3) is 0.636. The number of hydrogen-bond acceptors (Lipinski definition) is 4. The summed E-state index contributed by atoms with van der Waals surface area (Å²) in [6, 6.07) is 8.34. The molecule has 2 aliphatic carbocycles. The predicted octanol–water partition coefficient (Wildman–Crippen LogP) is 0.965. The maximum Gasteiger partial charge on any atom is 0.237 e. The number of aliphatic hydroxyl groups is 1. The molecule has 1 saturated carbocycles. The summed E-state index contributed by atoms with van der Waals surface area (Å²) in [5.41, 5.74) is 2.58. The van der Waals surface area contributed by atoms with Crippen molar-refractivity contribution in [3.8, 4) is 0 Å². The van der Waals surface area contributed by atoms with Crippen molar-refractivity contribution in [2.75, 3.05) is 33.3 Å². The van der Waals surface area contributed by atoms with Gasteiger partial charge in [0.1, 0.15) is 0 Å². The summed E-state index contributed by atoms with van der Waals surface area (Å²) in [4.78, 5) is 29.5. The average molecular weight is 386 g/mol. The lowest BCUT2D eigenvalue weighted by Crippen LogP contribution is -2.60. The predicted molar refractivity (Wildman–Crippen MR) is 107 cm³/mol. The Morgan fingerprint density at radius 2 is 1.96 bits per heavy atom. The van der Waals surface area contributed by atoms with Gasteiger partial charge in [0.15, 0.2) is 0 Å². The van der Waals surface area contributed by atoms with Crippen LogP contribution in [0, 0.1) is 5.41 Å². The van der Waals surface area contributed by atoms with Crippen molar-refractivity contribution in [3.05, 3.63) is 35.4 Å². The molecule has 152 valence electrons. The molecule has 28 heavy (non-hydrogen) atoms. The first-order valence-electron chi connectivity index (χ1n) is 10.5. The molecule has 0 aromatic heterocycles. The zero-order valence-corrected chi connectivity index (χ0v) is 16.7. The maximum absolute atomic E-state index is 12.9. The molecule has 2 N–H and O–H groups in total. The van der Waals surface area contributed by atoms with E-state index >= 15 is 0 Å². The van der Waals surface area contributed by atoms with E-state index < -0.39 is 6.04 Å². The van der Waals surface area contributed by atoms with Gasteiger partial charge < -0.3 is 15.3 Å². The number of amides is 2. The van der Waals surface area contributed by atoms with Crippen molar-refractivity contribution in [2.24, 2.45) is 5.41 Å². The molecule has 1 aromatic carbocycles. The van der Waals surface area contributed by atoms with Crippen LogP contribution in [0.25, 0.3) is 0 Å². The van der Waals surface area contributed by atoms with Gasteiger partial charge in [-0.05, 0) is 36.8 Å². The molecule has 6 heteroatoms. The average Bonchev–Trinajstić information content (AvgIpc) is 3.10. The number of hydrogen-bond donors (Lipinski definition) is 2. The second-order valence-corrected chi connectivity index (χ2v) is 8.84. The molecule has 0 spiro atoms. The standard InChI is InChI=1S/C22H31N3O3/c1-24(14-22(15-26)7-4-8-22)20(27)13-19-21(28)23-9-10-25(19)18-11-16-5-2-3-6-17(16)12-18/h2-3,5-6,18-19,26H,4,7-15H2,1H3,(H,23,28). The highest BCUT2D eigenvalue weighted by molar-refractivity contribution is 5.88. The molecular formula is C22H31N3O3. The fourth-order valence-electron chi connectivity index (χ4n) is 5.11. The molecule has 0 bridgehead atoms. The van der Waals surface area contributed by atoms with E-state index in [0.717, 1.165) is 38.6 Å². The lowest BCUT2D eigenvalue weighted by Gasteiger charge is -2.43. The third-order valence-electron chi connectivity index (χ3n) is 6.99. The van der Waals surface area contributed by atoms with Gasteiger partial charge in [-0.3, -0.25) is 14.5 Å². The molecular weight excluding hydrogens is 354 g/mol. The van der Waals surface area contributed by atoms with E-state index in [2.05, 4.69) is 34.5 Å². The molecule has 0 radical (unpaired) electrons. The number of carbonyl (C=O) groups is 2. The Morgan fingerprint density at radius 1 is 1.29 bits per heavy atom. The van der Waals surface area contributed by atoms with Gasteiger partial charge in [-0.25, -0.2) is 0 Å². The lowest BCUT2D eigenvalue weighted by molar-refractivity contribution is -0.140. The Kier molecular flexibility index (Phi) is 5.43. The zero-order chi connectivity index (χ0) is 19.7. The number of carbonyl (C=O) groups excluding carboxylic acids is 2. The largest absolute Gasteiger partial charge is 0.396 e. The van der Waals surface area contributed by atoms with Crippen LogP contribution in [-0.4, -0.2) is 72.1 Å². The van der Waals surface area contributed by atoms with E-state index in [1.165, 1.54) is 11.1 Å². The minimum Gasteiger partial charge on any atom is -0.396 e. The van der Waals surface area contributed by atoms with E-state index in [-0.39, 0.29) is 36.3 Å². The van der Waals surface area contributed by atoms with Crippen LogP contribution < -0.4 is 5.32 Å². The van der Waals surface area contributed by atoms with Crippen molar-refractivity contribution in [1.82, 2.24) is 15.1 Å². The summed E-state index contributed by atoms with van der Waals surface area (Å²) in [6.07, 6.45) is 5.14. The summed E-state index contributed by atoms with van der Waals surface area (Å²) < 4.78 is 0. The van der Waals surface area contributed by atoms with Gasteiger partial charge in [0, 0.05) is 38.1 Å². The highest BCUT2D eigenvalue weighted by Gasteiger charge is 2.41. The monoisotopic (exact) mass is 385 g/mol. The number of benzene rings is 1. The highest BCUT2D eigenvalue weighted by atomic mass is 16.3. The Bertz CT molecular complexity index is 716. The van der Waals surface area contributed by atoms with Crippen molar-refractivity contribution in [1.29, 1.82) is 0 Å². The second-order valence-electron chi connectivity index (χ2n) is 8.84. The quantitative estimate of drug-likeness (QED) is 0.765. The number of nitrogens with zero attached hydrogens (tertiary/aromatic N) is 2. The van der Waals surface area contributed by atoms with E-state index in [1.54, 1.807) is 11.9 Å². The van der Waals surface area contributed by atoms with E-state index in [9.17, 15) is 14.7 Å². The van der Waals surface area contributed by atoms with Crippen LogP contribution in [0.3, 0.4) is 0 Å². The third kappa shape index (κ3) is 3.67. The molecule has 4 rings (SSSR count). The zero-order valence-electron chi connectivity index (χ0n) is 16.7. The van der Waals surface area contributed by atoms with Crippen LogP contribution in [0.2, 0.25) is 0 Å². The maximum atomic E-state index is 12.9. The highest BCUT2D eigenvalue weighted by Crippen LogP contribution is 2.41. The van der Waals surface area contributed by atoms with Crippen molar-refractivity contribution < 1.29 is 14.7 Å². The minimum absolute atomic E-state index is 0.0118. The molecule has 1 saturated heterocycles. The summed E-state index contributed by atoms with van der Waals surface area (Å²) >= 11 is 0. The van der Waals surface area contributed by atoms with Gasteiger partial charge in [0.25, 0.3) is 0 Å². The van der Waals surface area contributed by atoms with Crippen LogP contribution >= 0.6 is 0 Å². The van der Waals surface area contributed by atoms with Gasteiger partial charge in [-0.1, -0.05) is 30.7 Å². The van der Waals surface area contributed by atoms with E-state index in [4.69, 9.17) is 0 Å². The number of rotatable bonds is 6. The summed E-state index contributed by atoms with van der Waals surface area (Å²) in [7, 11) is 1.80. The second kappa shape index (κ2) is 7.84. The Balaban J connectivity index is 1.42. The smallest absolute Gasteiger partial charge is 0.237 e. The molecule has 2 fully saturated rings. The first-order chi connectivity index (χ1) is 13.5. The van der Waals surface area contributed by atoms with E-state index in [0.29, 0.717) is 13.1 Å². The molecule has 1 atom stereocenters. The minimum atomic E-state index is -0.408. The first kappa shape index (κ1) is 19.4. The van der Waals surface area contributed by atoms with Gasteiger partial charge in [-0.15, -0.1) is 0 Å². The van der Waals surface area contributed by atoms with Crippen LogP contribution in [0.4, 0.5) is 0 Å². The Morgan fingerprint density at radius 3 is 2.54 bits per heavy atom. The van der Waals surface area contributed by atoms with Crippen LogP contribution in [0.15, 0.2) is 24.3 Å². The van der Waals surface area contributed by atoms with Crippen molar-refractivity contribution in [2.45, 2.75) is 50.6 Å². The number of aliphatic hydroxyl groups excluding tert-OH is 1. The molecule has 1 unspecified atom stereocenters.